The van der Waals surface area contributed by atoms with E-state index < -0.39 is 12.1 Å². The fourth-order valence-electron chi connectivity index (χ4n) is 2.01. The first-order valence-electron chi connectivity index (χ1n) is 7.00. The van der Waals surface area contributed by atoms with Gasteiger partial charge in [-0.15, -0.1) is 0 Å². The van der Waals surface area contributed by atoms with Gasteiger partial charge in [0.15, 0.2) is 0 Å². The van der Waals surface area contributed by atoms with E-state index in [1.54, 1.807) is 0 Å². The molecule has 0 bridgehead atoms. The number of benzene rings is 1. The molecule has 2 rings (SSSR count). The van der Waals surface area contributed by atoms with Gasteiger partial charge in [0.2, 0.25) is 5.91 Å². The number of unbranched alkanes of at least 4 members (excludes halogenated alkanes) is 2. The highest BCUT2D eigenvalue weighted by Gasteiger charge is 2.29. The minimum absolute atomic E-state index is 0.148. The third-order valence-corrected chi connectivity index (χ3v) is 3.27. The average Bonchev–Trinajstić information content (AvgIpc) is 2.48. The molecule has 1 aromatic rings. The summed E-state index contributed by atoms with van der Waals surface area (Å²) in [6.45, 7) is 0.889. The van der Waals surface area contributed by atoms with Crippen LogP contribution in [0.15, 0.2) is 30.3 Å². The number of amides is 2. The molecule has 1 aliphatic rings. The maximum Gasteiger partial charge on any atom is 0.407 e. The van der Waals surface area contributed by atoms with Gasteiger partial charge in [-0.25, -0.2) is 4.79 Å². The lowest BCUT2D eigenvalue weighted by molar-refractivity contribution is -0.128. The number of ether oxygens (including phenoxy) is 1. The summed E-state index contributed by atoms with van der Waals surface area (Å²) in [6.07, 6.45) is 3.49. The molecule has 1 saturated heterocycles. The van der Waals surface area contributed by atoms with Crippen LogP contribution < -0.4 is 10.6 Å². The zero-order valence-corrected chi connectivity index (χ0v) is 11.4. The first-order valence-corrected chi connectivity index (χ1v) is 7.00. The van der Waals surface area contributed by atoms with Crippen molar-refractivity contribution in [1.82, 2.24) is 10.6 Å². The number of hydrogen-bond acceptors (Lipinski definition) is 3. The molecule has 1 aliphatic heterocycles. The third-order valence-electron chi connectivity index (χ3n) is 3.27. The quantitative estimate of drug-likeness (QED) is 0.587. The molecule has 1 atom stereocenters. The molecule has 20 heavy (non-hydrogen) atoms. The second-order valence-corrected chi connectivity index (χ2v) is 4.87. The number of carbonyl (C=O) groups excluding carboxylic acids is 2. The molecular weight excluding hydrogens is 256 g/mol. The van der Waals surface area contributed by atoms with Gasteiger partial charge in [-0.1, -0.05) is 30.3 Å². The van der Waals surface area contributed by atoms with Crippen molar-refractivity contribution in [3.8, 4) is 0 Å². The van der Waals surface area contributed by atoms with Gasteiger partial charge in [0, 0.05) is 6.54 Å². The molecule has 1 aromatic carbocycles. The van der Waals surface area contributed by atoms with E-state index in [1.807, 2.05) is 18.2 Å². The Labute approximate surface area is 118 Å². The Kier molecular flexibility index (Phi) is 5.41. The molecule has 2 N–H and O–H groups in total. The SMILES string of the molecule is O=C(N[C@@H]1CNC1=O)OCCCCCc1ccccc1. The van der Waals surface area contributed by atoms with Gasteiger partial charge >= 0.3 is 6.09 Å². The molecular formula is C15H20N2O3. The van der Waals surface area contributed by atoms with Crippen LogP contribution >= 0.6 is 0 Å². The van der Waals surface area contributed by atoms with Crippen molar-refractivity contribution < 1.29 is 14.3 Å². The number of alkyl carbamates (subject to hydrolysis) is 1. The van der Waals surface area contributed by atoms with E-state index in [0.717, 1.165) is 25.7 Å². The predicted octanol–water partition coefficient (Wildman–Crippen LogP) is 1.62. The largest absolute Gasteiger partial charge is 0.450 e. The summed E-state index contributed by atoms with van der Waals surface area (Å²) in [5.74, 6) is -0.148. The Balaban J connectivity index is 1.47. The molecule has 1 fully saturated rings. The second-order valence-electron chi connectivity index (χ2n) is 4.87. The zero-order chi connectivity index (χ0) is 14.2. The van der Waals surface area contributed by atoms with Crippen LogP contribution in [0, 0.1) is 0 Å². The highest BCUT2D eigenvalue weighted by atomic mass is 16.5. The van der Waals surface area contributed by atoms with Crippen LogP contribution in [-0.2, 0) is 16.0 Å². The molecule has 0 aliphatic carbocycles. The van der Waals surface area contributed by atoms with Gasteiger partial charge < -0.3 is 15.4 Å². The minimum Gasteiger partial charge on any atom is -0.450 e. The van der Waals surface area contributed by atoms with E-state index in [2.05, 4.69) is 22.8 Å². The molecule has 0 saturated carbocycles. The molecule has 2 amide bonds. The Bertz CT molecular complexity index is 448. The Hall–Kier alpha value is -2.04. The number of hydrogen-bond donors (Lipinski definition) is 2. The lowest BCUT2D eigenvalue weighted by atomic mass is 10.1. The van der Waals surface area contributed by atoms with Crippen LogP contribution in [0.1, 0.15) is 24.8 Å². The van der Waals surface area contributed by atoms with Crippen LogP contribution in [0.4, 0.5) is 4.79 Å². The van der Waals surface area contributed by atoms with E-state index in [-0.39, 0.29) is 5.91 Å². The summed E-state index contributed by atoms with van der Waals surface area (Å²) < 4.78 is 5.02. The number of aryl methyl sites for hydroxylation is 1. The van der Waals surface area contributed by atoms with Crippen LogP contribution in [0.5, 0.6) is 0 Å². The van der Waals surface area contributed by atoms with E-state index in [9.17, 15) is 9.59 Å². The lowest BCUT2D eigenvalue weighted by Gasteiger charge is -2.26. The van der Waals surface area contributed by atoms with E-state index >= 15 is 0 Å². The second kappa shape index (κ2) is 7.53. The Morgan fingerprint density at radius 3 is 2.70 bits per heavy atom. The van der Waals surface area contributed by atoms with Crippen molar-refractivity contribution in [1.29, 1.82) is 0 Å². The van der Waals surface area contributed by atoms with E-state index in [0.29, 0.717) is 13.2 Å². The fourth-order valence-corrected chi connectivity index (χ4v) is 2.01. The number of carbonyl (C=O) groups is 2. The van der Waals surface area contributed by atoms with Gasteiger partial charge in [-0.05, 0) is 31.2 Å². The van der Waals surface area contributed by atoms with E-state index in [4.69, 9.17) is 4.74 Å². The normalized spacial score (nSPS) is 17.0. The molecule has 0 aromatic heterocycles. The third kappa shape index (κ3) is 4.57. The van der Waals surface area contributed by atoms with Crippen molar-refractivity contribution in [3.05, 3.63) is 35.9 Å². The topological polar surface area (TPSA) is 67.4 Å². The zero-order valence-electron chi connectivity index (χ0n) is 11.4. The molecule has 0 spiro atoms. The molecule has 1 heterocycles. The Morgan fingerprint density at radius 1 is 1.25 bits per heavy atom. The first kappa shape index (κ1) is 14.4. The summed E-state index contributed by atoms with van der Waals surface area (Å²) in [5.41, 5.74) is 1.34. The summed E-state index contributed by atoms with van der Waals surface area (Å²) in [4.78, 5) is 22.3. The molecule has 0 unspecified atom stereocenters. The van der Waals surface area contributed by atoms with Crippen molar-refractivity contribution in [2.45, 2.75) is 31.7 Å². The van der Waals surface area contributed by atoms with Crippen molar-refractivity contribution in [3.63, 3.8) is 0 Å². The van der Waals surface area contributed by atoms with Gasteiger partial charge in [0.05, 0.1) is 6.61 Å². The molecule has 5 heteroatoms. The van der Waals surface area contributed by atoms with Crippen molar-refractivity contribution in [2.75, 3.05) is 13.2 Å². The number of rotatable bonds is 7. The lowest BCUT2D eigenvalue weighted by Crippen LogP contribution is -2.61. The van der Waals surface area contributed by atoms with Crippen molar-refractivity contribution in [2.24, 2.45) is 0 Å². The highest BCUT2D eigenvalue weighted by molar-refractivity contribution is 5.90. The van der Waals surface area contributed by atoms with Crippen LogP contribution in [0.25, 0.3) is 0 Å². The summed E-state index contributed by atoms with van der Waals surface area (Å²) >= 11 is 0. The van der Waals surface area contributed by atoms with Crippen LogP contribution in [-0.4, -0.2) is 31.2 Å². The smallest absolute Gasteiger partial charge is 0.407 e. The van der Waals surface area contributed by atoms with Crippen LogP contribution in [0.3, 0.4) is 0 Å². The molecule has 108 valence electrons. The van der Waals surface area contributed by atoms with Crippen molar-refractivity contribution >= 4 is 12.0 Å². The maximum atomic E-state index is 11.3. The van der Waals surface area contributed by atoms with Gasteiger partial charge in [0.25, 0.3) is 0 Å². The summed E-state index contributed by atoms with van der Waals surface area (Å²) in [7, 11) is 0. The Morgan fingerprint density at radius 2 is 2.05 bits per heavy atom. The average molecular weight is 276 g/mol. The molecule has 5 nitrogen and oxygen atoms in total. The standard InChI is InChI=1S/C15H20N2O3/c18-14-13(11-16-14)17-15(19)20-10-6-2-5-9-12-7-3-1-4-8-12/h1,3-4,7-8,13H,2,5-6,9-11H2,(H,16,18)(H,17,19)/t13-/m1/s1. The van der Waals surface area contributed by atoms with Gasteiger partial charge in [0.1, 0.15) is 6.04 Å². The number of nitrogens with one attached hydrogen (secondary N) is 2. The van der Waals surface area contributed by atoms with Gasteiger partial charge in [-0.2, -0.15) is 0 Å². The minimum atomic E-state index is -0.507. The summed E-state index contributed by atoms with van der Waals surface area (Å²) in [5, 5.41) is 5.06. The monoisotopic (exact) mass is 276 g/mol. The van der Waals surface area contributed by atoms with Gasteiger partial charge in [-0.3, -0.25) is 4.79 Å². The highest BCUT2D eigenvalue weighted by Crippen LogP contribution is 2.06. The maximum absolute atomic E-state index is 11.3. The first-order chi connectivity index (χ1) is 9.75. The molecule has 0 radical (unpaired) electrons. The fraction of sp³-hybridized carbons (Fsp3) is 0.467. The summed E-state index contributed by atoms with van der Waals surface area (Å²) in [6, 6.07) is 9.92. The van der Waals surface area contributed by atoms with Crippen LogP contribution in [0.2, 0.25) is 0 Å². The van der Waals surface area contributed by atoms with E-state index in [1.165, 1.54) is 5.56 Å². The number of β-lactam (4-membered cyclic amide) rings is 1. The predicted molar refractivity (Wildman–Crippen MR) is 75.3 cm³/mol.